The molecule has 0 bridgehead atoms. The Morgan fingerprint density at radius 2 is 2.32 bits per heavy atom. The van der Waals surface area contributed by atoms with E-state index in [0.717, 1.165) is 30.9 Å². The Labute approximate surface area is 119 Å². The van der Waals surface area contributed by atoms with E-state index in [4.69, 9.17) is 9.84 Å². The van der Waals surface area contributed by atoms with Crippen molar-refractivity contribution in [1.29, 1.82) is 0 Å². The van der Waals surface area contributed by atoms with Crippen LogP contribution in [0.3, 0.4) is 0 Å². The number of aliphatic hydroxyl groups is 1. The predicted molar refractivity (Wildman–Crippen MR) is 81.1 cm³/mol. The second-order valence-corrected chi connectivity index (χ2v) is 6.14. The summed E-state index contributed by atoms with van der Waals surface area (Å²) in [6, 6.07) is 6.79. The SMILES string of the molecule is CCNC1c2cc(OC)ccc2CC1SCCCO. The highest BCUT2D eigenvalue weighted by atomic mass is 32.2. The number of methoxy groups -OCH3 is 1. The standard InChI is InChI=1S/C15H23NO2S/c1-3-16-15-13-10-12(18-2)6-5-11(13)9-14(15)19-8-4-7-17/h5-6,10,14-17H,3-4,7-9H2,1-2H3. The van der Waals surface area contributed by atoms with Crippen LogP contribution in [0, 0.1) is 0 Å². The Morgan fingerprint density at radius 3 is 3.00 bits per heavy atom. The first-order chi connectivity index (χ1) is 9.30. The van der Waals surface area contributed by atoms with Crippen molar-refractivity contribution < 1.29 is 9.84 Å². The van der Waals surface area contributed by atoms with Crippen LogP contribution in [-0.2, 0) is 6.42 Å². The predicted octanol–water partition coefficient (Wildman–Crippen LogP) is 2.39. The lowest BCUT2D eigenvalue weighted by molar-refractivity contribution is 0.296. The Bertz CT molecular complexity index is 411. The molecule has 0 aliphatic heterocycles. The van der Waals surface area contributed by atoms with Crippen molar-refractivity contribution in [2.75, 3.05) is 26.0 Å². The number of nitrogens with one attached hydrogen (secondary N) is 1. The lowest BCUT2D eigenvalue weighted by atomic mass is 10.1. The van der Waals surface area contributed by atoms with Gasteiger partial charge < -0.3 is 15.2 Å². The molecule has 0 fully saturated rings. The molecule has 3 nitrogen and oxygen atoms in total. The van der Waals surface area contributed by atoms with Crippen molar-refractivity contribution in [3.8, 4) is 5.75 Å². The minimum absolute atomic E-state index is 0.284. The number of ether oxygens (including phenoxy) is 1. The number of hydrogen-bond acceptors (Lipinski definition) is 4. The van der Waals surface area contributed by atoms with Crippen LogP contribution in [0.2, 0.25) is 0 Å². The summed E-state index contributed by atoms with van der Waals surface area (Å²) >= 11 is 1.96. The molecule has 1 aromatic carbocycles. The first-order valence-corrected chi connectivity index (χ1v) is 7.97. The van der Waals surface area contributed by atoms with E-state index in [0.29, 0.717) is 11.3 Å². The molecule has 19 heavy (non-hydrogen) atoms. The summed E-state index contributed by atoms with van der Waals surface area (Å²) in [6.45, 7) is 3.40. The van der Waals surface area contributed by atoms with Crippen molar-refractivity contribution in [2.24, 2.45) is 0 Å². The molecule has 1 aromatic rings. The molecule has 2 N–H and O–H groups in total. The molecule has 4 heteroatoms. The Balaban J connectivity index is 2.12. The van der Waals surface area contributed by atoms with Gasteiger partial charge in [0.1, 0.15) is 5.75 Å². The first-order valence-electron chi connectivity index (χ1n) is 6.92. The number of thioether (sulfide) groups is 1. The lowest BCUT2D eigenvalue weighted by Gasteiger charge is -2.21. The van der Waals surface area contributed by atoms with Crippen LogP contribution in [0.15, 0.2) is 18.2 Å². The van der Waals surface area contributed by atoms with Crippen molar-refractivity contribution >= 4 is 11.8 Å². The molecule has 2 unspecified atom stereocenters. The molecule has 0 radical (unpaired) electrons. The van der Waals surface area contributed by atoms with Crippen LogP contribution >= 0.6 is 11.8 Å². The van der Waals surface area contributed by atoms with Crippen LogP contribution in [0.4, 0.5) is 0 Å². The summed E-state index contributed by atoms with van der Waals surface area (Å²) in [7, 11) is 1.71. The molecule has 0 saturated heterocycles. The molecule has 1 aliphatic rings. The van der Waals surface area contributed by atoms with E-state index in [1.54, 1.807) is 7.11 Å². The van der Waals surface area contributed by atoms with Gasteiger partial charge in [0.15, 0.2) is 0 Å². The number of rotatable bonds is 7. The Hall–Kier alpha value is -0.710. The number of fused-ring (bicyclic) bond motifs is 1. The zero-order valence-electron chi connectivity index (χ0n) is 11.7. The van der Waals surface area contributed by atoms with E-state index in [1.807, 2.05) is 17.8 Å². The van der Waals surface area contributed by atoms with Crippen molar-refractivity contribution in [3.05, 3.63) is 29.3 Å². The second-order valence-electron chi connectivity index (χ2n) is 4.79. The van der Waals surface area contributed by atoms with Gasteiger partial charge in [0, 0.05) is 17.9 Å². The largest absolute Gasteiger partial charge is 0.497 e. The number of benzene rings is 1. The van der Waals surface area contributed by atoms with Gasteiger partial charge in [0.05, 0.1) is 7.11 Å². The van der Waals surface area contributed by atoms with Gasteiger partial charge in [-0.1, -0.05) is 13.0 Å². The van der Waals surface area contributed by atoms with Crippen LogP contribution in [0.25, 0.3) is 0 Å². The molecular weight excluding hydrogens is 258 g/mol. The van der Waals surface area contributed by atoms with Crippen LogP contribution < -0.4 is 10.1 Å². The van der Waals surface area contributed by atoms with Gasteiger partial charge in [0.25, 0.3) is 0 Å². The third-order valence-electron chi connectivity index (χ3n) is 3.54. The van der Waals surface area contributed by atoms with Crippen LogP contribution in [0.1, 0.15) is 30.5 Å². The van der Waals surface area contributed by atoms with E-state index in [-0.39, 0.29) is 6.61 Å². The Kier molecular flexibility index (Phi) is 5.55. The summed E-state index contributed by atoms with van der Waals surface area (Å²) in [5, 5.41) is 13.1. The quantitative estimate of drug-likeness (QED) is 0.753. The number of aliphatic hydroxyl groups excluding tert-OH is 1. The van der Waals surface area contributed by atoms with Crippen molar-refractivity contribution in [3.63, 3.8) is 0 Å². The molecule has 0 amide bonds. The third-order valence-corrected chi connectivity index (χ3v) is 4.93. The maximum Gasteiger partial charge on any atom is 0.119 e. The fraction of sp³-hybridized carbons (Fsp3) is 0.600. The topological polar surface area (TPSA) is 41.5 Å². The van der Waals surface area contributed by atoms with E-state index < -0.39 is 0 Å². The molecule has 2 atom stereocenters. The molecule has 0 aromatic heterocycles. The van der Waals surface area contributed by atoms with E-state index in [2.05, 4.69) is 24.4 Å². The average Bonchev–Trinajstić information content (AvgIpc) is 2.77. The van der Waals surface area contributed by atoms with E-state index in [1.165, 1.54) is 11.1 Å². The van der Waals surface area contributed by atoms with Gasteiger partial charge >= 0.3 is 0 Å². The summed E-state index contributed by atoms with van der Waals surface area (Å²) < 4.78 is 5.33. The van der Waals surface area contributed by atoms with Crippen LogP contribution in [-0.4, -0.2) is 36.4 Å². The molecule has 0 spiro atoms. The lowest BCUT2D eigenvalue weighted by Crippen LogP contribution is -2.27. The van der Waals surface area contributed by atoms with Gasteiger partial charge in [0.2, 0.25) is 0 Å². The summed E-state index contributed by atoms with van der Waals surface area (Å²) in [6.07, 6.45) is 1.98. The fourth-order valence-corrected chi connectivity index (χ4v) is 3.96. The minimum atomic E-state index is 0.284. The highest BCUT2D eigenvalue weighted by Crippen LogP contribution is 2.40. The molecule has 1 aliphatic carbocycles. The molecule has 106 valence electrons. The smallest absolute Gasteiger partial charge is 0.119 e. The van der Waals surface area contributed by atoms with Crippen molar-refractivity contribution in [2.45, 2.75) is 31.1 Å². The summed E-state index contributed by atoms with van der Waals surface area (Å²) in [5.74, 6) is 1.96. The fourth-order valence-electron chi connectivity index (χ4n) is 2.63. The van der Waals surface area contributed by atoms with E-state index in [9.17, 15) is 0 Å². The van der Waals surface area contributed by atoms with E-state index >= 15 is 0 Å². The minimum Gasteiger partial charge on any atom is -0.497 e. The normalized spacial score (nSPS) is 21.4. The second kappa shape index (κ2) is 7.17. The highest BCUT2D eigenvalue weighted by Gasteiger charge is 2.32. The third kappa shape index (κ3) is 3.44. The molecule has 2 rings (SSSR count). The van der Waals surface area contributed by atoms with Gasteiger partial charge in [-0.15, -0.1) is 0 Å². The monoisotopic (exact) mass is 281 g/mol. The zero-order chi connectivity index (χ0) is 13.7. The summed E-state index contributed by atoms with van der Waals surface area (Å²) in [4.78, 5) is 0. The zero-order valence-corrected chi connectivity index (χ0v) is 12.5. The maximum atomic E-state index is 8.91. The van der Waals surface area contributed by atoms with Gasteiger partial charge in [-0.25, -0.2) is 0 Å². The maximum absolute atomic E-state index is 8.91. The summed E-state index contributed by atoms with van der Waals surface area (Å²) in [5.41, 5.74) is 2.80. The van der Waals surface area contributed by atoms with Crippen LogP contribution in [0.5, 0.6) is 5.75 Å². The first kappa shape index (κ1) is 14.7. The molecule has 0 saturated carbocycles. The van der Waals surface area contributed by atoms with Gasteiger partial charge in [-0.05, 0) is 48.4 Å². The number of hydrogen-bond donors (Lipinski definition) is 2. The van der Waals surface area contributed by atoms with Gasteiger partial charge in [-0.3, -0.25) is 0 Å². The Morgan fingerprint density at radius 1 is 1.47 bits per heavy atom. The molecular formula is C15H23NO2S. The highest BCUT2D eigenvalue weighted by molar-refractivity contribution is 7.99. The molecule has 0 heterocycles. The van der Waals surface area contributed by atoms with Crippen molar-refractivity contribution in [1.82, 2.24) is 5.32 Å². The average molecular weight is 281 g/mol. The van der Waals surface area contributed by atoms with Gasteiger partial charge in [-0.2, -0.15) is 11.8 Å².